The molecule has 0 saturated carbocycles. The molecule has 0 radical (unpaired) electrons. The largest absolute Gasteiger partial charge is 0.454 e. The first kappa shape index (κ1) is 19.8. The van der Waals surface area contributed by atoms with Crippen molar-refractivity contribution in [3.8, 4) is 6.07 Å². The van der Waals surface area contributed by atoms with Crippen LogP contribution < -0.4 is 0 Å². The molecule has 0 aliphatic rings. The number of nitrogens with zero attached hydrogens (tertiary/aromatic N) is 2. The molecule has 0 unspecified atom stereocenters. The average molecular weight is 370 g/mol. The molecule has 5 nitrogen and oxygen atoms in total. The number of esters is 1. The molecule has 1 heterocycles. The summed E-state index contributed by atoms with van der Waals surface area (Å²) in [6.45, 7) is 11.1. The molecule has 1 aromatic heterocycles. The number of aryl methyl sites for hydroxylation is 1. The van der Waals surface area contributed by atoms with Gasteiger partial charge in [0.15, 0.2) is 18.3 Å². The Hall–Kier alpha value is -2.52. The number of aromatic nitrogens is 1. The highest BCUT2D eigenvalue weighted by atomic mass is 32.1. The second-order valence-electron chi connectivity index (χ2n) is 6.43. The van der Waals surface area contributed by atoms with Crippen LogP contribution in [-0.2, 0) is 9.53 Å². The van der Waals surface area contributed by atoms with Gasteiger partial charge in [0.1, 0.15) is 5.01 Å². The van der Waals surface area contributed by atoms with Crippen molar-refractivity contribution in [2.75, 3.05) is 6.61 Å². The molecule has 136 valence electrons. The maximum atomic E-state index is 12.6. The van der Waals surface area contributed by atoms with E-state index in [9.17, 15) is 14.9 Å². The molecule has 2 aromatic rings. The van der Waals surface area contributed by atoms with Crippen LogP contribution >= 0.6 is 11.3 Å². The van der Waals surface area contributed by atoms with Gasteiger partial charge in [-0.3, -0.25) is 4.79 Å². The highest BCUT2D eigenvalue weighted by Gasteiger charge is 2.26. The van der Waals surface area contributed by atoms with Crippen molar-refractivity contribution in [3.63, 3.8) is 0 Å². The number of rotatable bonds is 5. The predicted molar refractivity (Wildman–Crippen MR) is 101 cm³/mol. The van der Waals surface area contributed by atoms with Gasteiger partial charge in [0.05, 0.1) is 11.6 Å². The van der Waals surface area contributed by atoms with E-state index in [-0.39, 0.29) is 0 Å². The van der Waals surface area contributed by atoms with Crippen molar-refractivity contribution >= 4 is 23.1 Å². The van der Waals surface area contributed by atoms with E-state index in [1.54, 1.807) is 12.3 Å². The lowest BCUT2D eigenvalue weighted by atomic mass is 9.90. The number of Topliss-reactive ketones (excluding diaryl/α,β-unsaturated/α-hetero) is 1. The van der Waals surface area contributed by atoms with Gasteiger partial charge in [-0.15, -0.1) is 11.3 Å². The Balaban J connectivity index is 2.19. The van der Waals surface area contributed by atoms with Crippen LogP contribution in [-0.4, -0.2) is 23.3 Å². The molecule has 0 aliphatic heterocycles. The highest BCUT2D eigenvalue weighted by Crippen LogP contribution is 2.27. The number of ketones is 1. The molecule has 0 amide bonds. The van der Waals surface area contributed by atoms with Crippen molar-refractivity contribution in [2.45, 2.75) is 47.5 Å². The molecule has 0 spiro atoms. The number of carbonyl (C=O) groups is 2. The molecule has 0 N–H and O–H groups in total. The zero-order chi connectivity index (χ0) is 19.6. The summed E-state index contributed by atoms with van der Waals surface area (Å²) < 4.78 is 5.25. The van der Waals surface area contributed by atoms with Crippen molar-refractivity contribution in [1.29, 1.82) is 5.26 Å². The fraction of sp³-hybridized carbons (Fsp3) is 0.400. The van der Waals surface area contributed by atoms with E-state index in [2.05, 4.69) is 4.98 Å². The van der Waals surface area contributed by atoms with Crippen LogP contribution in [0.1, 0.15) is 54.8 Å². The quantitative estimate of drug-likeness (QED) is 0.743. The second kappa shape index (κ2) is 7.79. The van der Waals surface area contributed by atoms with E-state index in [0.29, 0.717) is 10.6 Å². The Morgan fingerprint density at radius 2 is 1.62 bits per heavy atom. The summed E-state index contributed by atoms with van der Waals surface area (Å²) in [7, 11) is 0. The first-order valence-corrected chi connectivity index (χ1v) is 9.15. The zero-order valence-electron chi connectivity index (χ0n) is 15.9. The average Bonchev–Trinajstić information content (AvgIpc) is 3.03. The van der Waals surface area contributed by atoms with Crippen LogP contribution in [0.15, 0.2) is 5.38 Å². The standard InChI is InChI=1S/C20H22N2O3S/c1-10-9-26-19(22-10)16(7-21)17(23)8-25-20(24)18-14(5)12(3)11(2)13(4)15(18)6/h9,16H,8H2,1-6H3/t16-/m1/s1. The summed E-state index contributed by atoms with van der Waals surface area (Å²) >= 11 is 1.26. The van der Waals surface area contributed by atoms with E-state index < -0.39 is 24.3 Å². The Morgan fingerprint density at radius 1 is 1.08 bits per heavy atom. The van der Waals surface area contributed by atoms with Crippen LogP contribution in [0.5, 0.6) is 0 Å². The lowest BCUT2D eigenvalue weighted by Crippen LogP contribution is -2.21. The van der Waals surface area contributed by atoms with Gasteiger partial charge in [-0.25, -0.2) is 9.78 Å². The maximum Gasteiger partial charge on any atom is 0.339 e. The maximum absolute atomic E-state index is 12.6. The third kappa shape index (κ3) is 3.68. The molecule has 1 atom stereocenters. The summed E-state index contributed by atoms with van der Waals surface area (Å²) in [5.74, 6) is -2.01. The van der Waals surface area contributed by atoms with Gasteiger partial charge in [0.25, 0.3) is 0 Å². The molecule has 0 bridgehead atoms. The molecule has 1 aromatic carbocycles. The van der Waals surface area contributed by atoms with E-state index in [0.717, 1.165) is 33.5 Å². The molecule has 0 fully saturated rings. The van der Waals surface area contributed by atoms with E-state index in [1.165, 1.54) is 11.3 Å². The molecule has 26 heavy (non-hydrogen) atoms. The van der Waals surface area contributed by atoms with Crippen LogP contribution in [0.3, 0.4) is 0 Å². The summed E-state index contributed by atoms with van der Waals surface area (Å²) in [6.07, 6.45) is 0. The fourth-order valence-electron chi connectivity index (χ4n) is 2.87. The fourth-order valence-corrected chi connectivity index (χ4v) is 3.73. The van der Waals surface area contributed by atoms with Gasteiger partial charge in [-0.05, 0) is 69.4 Å². The van der Waals surface area contributed by atoms with Crippen LogP contribution in [0, 0.1) is 52.9 Å². The number of thiazole rings is 1. The summed E-state index contributed by atoms with van der Waals surface area (Å²) in [4.78, 5) is 29.1. The Kier molecular flexibility index (Phi) is 5.94. The van der Waals surface area contributed by atoms with Crippen LogP contribution in [0.4, 0.5) is 0 Å². The van der Waals surface area contributed by atoms with E-state index in [1.807, 2.05) is 40.7 Å². The summed E-state index contributed by atoms with van der Waals surface area (Å²) in [5, 5.41) is 11.5. The Bertz CT molecular complexity index is 893. The van der Waals surface area contributed by atoms with Crippen LogP contribution in [0.25, 0.3) is 0 Å². The smallest absolute Gasteiger partial charge is 0.339 e. The number of hydrogen-bond acceptors (Lipinski definition) is 6. The molecule has 0 aliphatic carbocycles. The Labute approximate surface area is 157 Å². The predicted octanol–water partition coefficient (Wildman–Crippen LogP) is 4.03. The summed E-state index contributed by atoms with van der Waals surface area (Å²) in [6, 6.07) is 1.95. The normalized spacial score (nSPS) is 11.7. The third-order valence-corrected chi connectivity index (χ3v) is 5.91. The van der Waals surface area contributed by atoms with Gasteiger partial charge in [0, 0.05) is 11.1 Å². The van der Waals surface area contributed by atoms with Gasteiger partial charge < -0.3 is 4.74 Å². The van der Waals surface area contributed by atoms with Gasteiger partial charge in [0.2, 0.25) is 0 Å². The van der Waals surface area contributed by atoms with Gasteiger partial charge in [-0.2, -0.15) is 5.26 Å². The van der Waals surface area contributed by atoms with Gasteiger partial charge in [-0.1, -0.05) is 0 Å². The molecular weight excluding hydrogens is 348 g/mol. The number of nitriles is 1. The van der Waals surface area contributed by atoms with Crippen LogP contribution in [0.2, 0.25) is 0 Å². The number of carbonyl (C=O) groups excluding carboxylic acids is 2. The first-order chi connectivity index (χ1) is 12.2. The van der Waals surface area contributed by atoms with E-state index in [4.69, 9.17) is 4.74 Å². The highest BCUT2D eigenvalue weighted by molar-refractivity contribution is 7.09. The topological polar surface area (TPSA) is 80.0 Å². The summed E-state index contributed by atoms with van der Waals surface area (Å²) in [5.41, 5.74) is 6.20. The zero-order valence-corrected chi connectivity index (χ0v) is 16.7. The lowest BCUT2D eigenvalue weighted by Gasteiger charge is -2.17. The minimum atomic E-state index is -1.01. The lowest BCUT2D eigenvalue weighted by molar-refractivity contribution is -0.122. The SMILES string of the molecule is Cc1csc([C@H](C#N)C(=O)COC(=O)c2c(C)c(C)c(C)c(C)c2C)n1. The van der Waals surface area contributed by atoms with E-state index >= 15 is 0 Å². The number of ether oxygens (including phenoxy) is 1. The second-order valence-corrected chi connectivity index (χ2v) is 7.32. The van der Waals surface area contributed by atoms with Crippen molar-refractivity contribution in [3.05, 3.63) is 49.5 Å². The van der Waals surface area contributed by atoms with Crippen molar-refractivity contribution in [1.82, 2.24) is 4.98 Å². The third-order valence-electron chi connectivity index (χ3n) is 4.88. The number of hydrogen-bond donors (Lipinski definition) is 0. The molecule has 6 heteroatoms. The monoisotopic (exact) mass is 370 g/mol. The Morgan fingerprint density at radius 3 is 2.08 bits per heavy atom. The number of benzene rings is 1. The molecule has 0 saturated heterocycles. The molecular formula is C20H22N2O3S. The minimum Gasteiger partial charge on any atom is -0.454 e. The van der Waals surface area contributed by atoms with Crippen molar-refractivity contribution < 1.29 is 14.3 Å². The minimum absolute atomic E-state index is 0.431. The van der Waals surface area contributed by atoms with Gasteiger partial charge >= 0.3 is 5.97 Å². The first-order valence-electron chi connectivity index (χ1n) is 8.27. The van der Waals surface area contributed by atoms with Crippen molar-refractivity contribution in [2.24, 2.45) is 0 Å². The molecule has 2 rings (SSSR count).